The van der Waals surface area contributed by atoms with Crippen molar-refractivity contribution in [2.45, 2.75) is 6.92 Å². The number of fused-ring (bicyclic) bond motifs is 1. The predicted octanol–water partition coefficient (Wildman–Crippen LogP) is 4.19. The summed E-state index contributed by atoms with van der Waals surface area (Å²) in [6.07, 6.45) is 1.73. The van der Waals surface area contributed by atoms with Gasteiger partial charge < -0.3 is 14.5 Å². The Morgan fingerprint density at radius 3 is 2.88 bits per heavy atom. The van der Waals surface area contributed by atoms with Crippen LogP contribution in [0.25, 0.3) is 22.6 Å². The molecule has 3 aromatic rings. The molecule has 3 rings (SSSR count). The second-order valence-electron chi connectivity index (χ2n) is 4.87. The van der Waals surface area contributed by atoms with Crippen molar-refractivity contribution >= 4 is 35.3 Å². The summed E-state index contributed by atoms with van der Waals surface area (Å²) >= 11 is 1.86. The summed E-state index contributed by atoms with van der Waals surface area (Å²) in [6.45, 7) is 2.83. The van der Waals surface area contributed by atoms with Crippen molar-refractivity contribution in [2.24, 2.45) is 0 Å². The zero-order valence-corrected chi connectivity index (χ0v) is 15.2. The lowest BCUT2D eigenvalue weighted by Gasteiger charge is -2.10. The summed E-state index contributed by atoms with van der Waals surface area (Å²) in [5.41, 5.74) is 2.49. The van der Waals surface area contributed by atoms with E-state index in [2.05, 4.69) is 21.9 Å². The SMILES string of the molecule is CCSCCOc1ccc(-c2nc3ncccc3[nH]2)c(OC)c1.Cl. The van der Waals surface area contributed by atoms with Crippen LogP contribution in [0, 0.1) is 0 Å². The Kier molecular flexibility index (Phi) is 6.75. The number of benzene rings is 1. The van der Waals surface area contributed by atoms with Crippen LogP contribution in [0.15, 0.2) is 36.5 Å². The van der Waals surface area contributed by atoms with Crippen LogP contribution in [0.1, 0.15) is 6.92 Å². The molecule has 5 nitrogen and oxygen atoms in total. The molecule has 0 amide bonds. The Morgan fingerprint density at radius 1 is 1.25 bits per heavy atom. The maximum Gasteiger partial charge on any atom is 0.178 e. The minimum absolute atomic E-state index is 0. The van der Waals surface area contributed by atoms with Gasteiger partial charge in [-0.05, 0) is 30.0 Å². The largest absolute Gasteiger partial charge is 0.496 e. The number of aromatic amines is 1. The zero-order valence-electron chi connectivity index (χ0n) is 13.6. The highest BCUT2D eigenvalue weighted by Crippen LogP contribution is 2.32. The summed E-state index contributed by atoms with van der Waals surface area (Å²) in [6, 6.07) is 9.63. The molecule has 1 aromatic carbocycles. The average Bonchev–Trinajstić information content (AvgIpc) is 3.02. The van der Waals surface area contributed by atoms with Crippen molar-refractivity contribution in [1.82, 2.24) is 15.0 Å². The van der Waals surface area contributed by atoms with Crippen LogP contribution >= 0.6 is 24.2 Å². The van der Waals surface area contributed by atoms with Crippen LogP contribution in [0.2, 0.25) is 0 Å². The van der Waals surface area contributed by atoms with E-state index in [4.69, 9.17) is 9.47 Å². The highest BCUT2D eigenvalue weighted by molar-refractivity contribution is 7.99. The molecule has 1 N–H and O–H groups in total. The van der Waals surface area contributed by atoms with Gasteiger partial charge in [0.25, 0.3) is 0 Å². The summed E-state index contributed by atoms with van der Waals surface area (Å²) in [5, 5.41) is 0. The van der Waals surface area contributed by atoms with Gasteiger partial charge in [-0.1, -0.05) is 6.92 Å². The number of pyridine rings is 1. The molecule has 0 bridgehead atoms. The van der Waals surface area contributed by atoms with E-state index in [0.717, 1.165) is 39.9 Å². The fourth-order valence-electron chi connectivity index (χ4n) is 2.29. The molecule has 7 heteroatoms. The minimum atomic E-state index is 0. The van der Waals surface area contributed by atoms with E-state index in [1.165, 1.54) is 0 Å². The number of aromatic nitrogens is 3. The van der Waals surface area contributed by atoms with Crippen molar-refractivity contribution in [1.29, 1.82) is 0 Å². The normalized spacial score (nSPS) is 10.4. The number of methoxy groups -OCH3 is 1. The minimum Gasteiger partial charge on any atom is -0.496 e. The lowest BCUT2D eigenvalue weighted by molar-refractivity contribution is 0.340. The number of rotatable bonds is 7. The van der Waals surface area contributed by atoms with Crippen LogP contribution in [-0.2, 0) is 0 Å². The van der Waals surface area contributed by atoms with Crippen LogP contribution in [0.5, 0.6) is 11.5 Å². The standard InChI is InChI=1S/C17H19N3O2S.ClH/c1-3-23-10-9-22-12-6-7-13(15(11-12)21-2)16-19-14-5-4-8-18-17(14)20-16;/h4-8,11H,3,9-10H2,1-2H3,(H,18,19,20);1H. The first kappa shape index (κ1) is 18.4. The van der Waals surface area contributed by atoms with E-state index in [0.29, 0.717) is 12.3 Å². The van der Waals surface area contributed by atoms with Crippen molar-refractivity contribution in [3.05, 3.63) is 36.5 Å². The van der Waals surface area contributed by atoms with Crippen LogP contribution < -0.4 is 9.47 Å². The molecule has 0 fully saturated rings. The number of thioether (sulfide) groups is 1. The number of halogens is 1. The van der Waals surface area contributed by atoms with Crippen LogP contribution in [0.3, 0.4) is 0 Å². The molecule has 0 aliphatic heterocycles. The maximum atomic E-state index is 5.76. The van der Waals surface area contributed by atoms with E-state index in [1.54, 1.807) is 13.3 Å². The average molecular weight is 366 g/mol. The summed E-state index contributed by atoms with van der Waals surface area (Å²) in [5.74, 6) is 4.35. The molecule has 2 aromatic heterocycles. The molecule has 24 heavy (non-hydrogen) atoms. The zero-order chi connectivity index (χ0) is 16.1. The third kappa shape index (κ3) is 4.13. The second-order valence-corrected chi connectivity index (χ2v) is 6.26. The Balaban J connectivity index is 0.00000208. The van der Waals surface area contributed by atoms with Crippen molar-refractivity contribution in [3.8, 4) is 22.9 Å². The van der Waals surface area contributed by atoms with Crippen molar-refractivity contribution in [2.75, 3.05) is 25.2 Å². The van der Waals surface area contributed by atoms with Crippen LogP contribution in [0.4, 0.5) is 0 Å². The van der Waals surface area contributed by atoms with Gasteiger partial charge in [0.2, 0.25) is 0 Å². The topological polar surface area (TPSA) is 60.0 Å². The first-order valence-electron chi connectivity index (χ1n) is 7.51. The van der Waals surface area contributed by atoms with E-state index in [1.807, 2.05) is 42.1 Å². The monoisotopic (exact) mass is 365 g/mol. The third-order valence-electron chi connectivity index (χ3n) is 3.39. The fourth-order valence-corrected chi connectivity index (χ4v) is 2.78. The Hall–Kier alpha value is -1.92. The summed E-state index contributed by atoms with van der Waals surface area (Å²) < 4.78 is 11.3. The van der Waals surface area contributed by atoms with Gasteiger partial charge in [0.05, 0.1) is 24.8 Å². The number of H-pyrrole nitrogens is 1. The van der Waals surface area contributed by atoms with E-state index < -0.39 is 0 Å². The molecule has 0 saturated carbocycles. The molecule has 0 aliphatic carbocycles. The first-order chi connectivity index (χ1) is 11.3. The van der Waals surface area contributed by atoms with Gasteiger partial charge in [-0.15, -0.1) is 12.4 Å². The van der Waals surface area contributed by atoms with Gasteiger partial charge in [-0.3, -0.25) is 0 Å². The smallest absolute Gasteiger partial charge is 0.178 e. The van der Waals surface area contributed by atoms with Crippen molar-refractivity contribution in [3.63, 3.8) is 0 Å². The van der Waals surface area contributed by atoms with Crippen molar-refractivity contribution < 1.29 is 9.47 Å². The maximum absolute atomic E-state index is 5.76. The summed E-state index contributed by atoms with van der Waals surface area (Å²) in [4.78, 5) is 12.0. The molecule has 128 valence electrons. The molecule has 0 atom stereocenters. The van der Waals surface area contributed by atoms with Gasteiger partial charge in [0.1, 0.15) is 17.3 Å². The number of imidazole rings is 1. The highest BCUT2D eigenvalue weighted by Gasteiger charge is 2.12. The van der Waals surface area contributed by atoms with Gasteiger partial charge >= 0.3 is 0 Å². The Bertz CT molecular complexity index is 761. The van der Waals surface area contributed by atoms with Gasteiger partial charge in [0.15, 0.2) is 5.65 Å². The number of hydrogen-bond acceptors (Lipinski definition) is 5. The molecule has 0 spiro atoms. The highest BCUT2D eigenvalue weighted by atomic mass is 35.5. The quantitative estimate of drug-likeness (QED) is 0.636. The molecule has 0 unspecified atom stereocenters. The lowest BCUT2D eigenvalue weighted by Crippen LogP contribution is -2.01. The molecule has 2 heterocycles. The number of hydrogen-bond donors (Lipinski definition) is 1. The second kappa shape index (κ2) is 8.80. The first-order valence-corrected chi connectivity index (χ1v) is 8.67. The van der Waals surface area contributed by atoms with Gasteiger partial charge in [-0.25, -0.2) is 9.97 Å². The van der Waals surface area contributed by atoms with Gasteiger partial charge in [-0.2, -0.15) is 11.8 Å². The Labute approximate surface area is 151 Å². The number of nitrogens with zero attached hydrogens (tertiary/aromatic N) is 2. The Morgan fingerprint density at radius 2 is 2.12 bits per heavy atom. The molecule has 0 aliphatic rings. The third-order valence-corrected chi connectivity index (χ3v) is 4.25. The lowest BCUT2D eigenvalue weighted by atomic mass is 10.2. The fraction of sp³-hybridized carbons (Fsp3) is 0.294. The van der Waals surface area contributed by atoms with Crippen LogP contribution in [-0.4, -0.2) is 40.2 Å². The van der Waals surface area contributed by atoms with E-state index in [-0.39, 0.29) is 12.4 Å². The van der Waals surface area contributed by atoms with E-state index in [9.17, 15) is 0 Å². The number of nitrogens with one attached hydrogen (secondary N) is 1. The molecule has 0 saturated heterocycles. The molecule has 0 radical (unpaired) electrons. The summed E-state index contributed by atoms with van der Waals surface area (Å²) in [7, 11) is 1.65. The molecular formula is C17H20ClN3O2S. The van der Waals surface area contributed by atoms with E-state index >= 15 is 0 Å². The van der Waals surface area contributed by atoms with Gasteiger partial charge in [0, 0.05) is 18.0 Å². The number of ether oxygens (including phenoxy) is 2. The predicted molar refractivity (Wildman–Crippen MR) is 102 cm³/mol. The molecular weight excluding hydrogens is 346 g/mol.